The third-order valence-corrected chi connectivity index (χ3v) is 6.86. The molecule has 0 unspecified atom stereocenters. The molecule has 0 nitrogen and oxygen atoms in total. The summed E-state index contributed by atoms with van der Waals surface area (Å²) in [5.74, 6) is 0. The predicted octanol–water partition coefficient (Wildman–Crippen LogP) is 5.88. The van der Waals surface area contributed by atoms with Crippen LogP contribution in [0.1, 0.15) is 66.2 Å². The van der Waals surface area contributed by atoms with Crippen molar-refractivity contribution in [1.29, 1.82) is 0 Å². The van der Waals surface area contributed by atoms with E-state index in [0.717, 1.165) is 0 Å². The van der Waals surface area contributed by atoms with E-state index in [1.54, 1.807) is 30.6 Å². The molecule has 0 aromatic rings. The third kappa shape index (κ3) is 3.37. The molecule has 0 amide bonds. The SMILES string of the molecule is CCC1=CC(CC)=[C]([Ru][C]2=C(CC)C=C(CC)C2)C1. The molecule has 2 aliphatic rings. The van der Waals surface area contributed by atoms with Gasteiger partial charge in [0.2, 0.25) is 0 Å². The van der Waals surface area contributed by atoms with Crippen LogP contribution in [0.25, 0.3) is 0 Å². The van der Waals surface area contributed by atoms with Crippen molar-refractivity contribution in [2.75, 3.05) is 0 Å². The van der Waals surface area contributed by atoms with E-state index in [0.29, 0.717) is 17.1 Å². The fourth-order valence-electron chi connectivity index (χ4n) is 2.70. The van der Waals surface area contributed by atoms with E-state index in [4.69, 9.17) is 0 Å². The average Bonchev–Trinajstić information content (AvgIpc) is 3.02. The van der Waals surface area contributed by atoms with Crippen molar-refractivity contribution in [3.63, 3.8) is 0 Å². The maximum absolute atomic E-state index is 2.49. The predicted molar refractivity (Wildman–Crippen MR) is 80.6 cm³/mol. The zero-order valence-corrected chi connectivity index (χ0v) is 14.5. The summed E-state index contributed by atoms with van der Waals surface area (Å²) in [5.41, 5.74) is 6.62. The summed E-state index contributed by atoms with van der Waals surface area (Å²) in [4.78, 5) is 0. The normalized spacial score (nSPS) is 19.6. The van der Waals surface area contributed by atoms with E-state index in [2.05, 4.69) is 39.8 Å². The van der Waals surface area contributed by atoms with Gasteiger partial charge in [0.1, 0.15) is 0 Å². The molecular formula is C18H26Ru. The molecule has 2 rings (SSSR count). The van der Waals surface area contributed by atoms with Crippen molar-refractivity contribution < 1.29 is 17.1 Å². The summed E-state index contributed by atoms with van der Waals surface area (Å²) in [6.07, 6.45) is 12.4. The molecule has 0 aliphatic heterocycles. The van der Waals surface area contributed by atoms with Gasteiger partial charge in [-0.3, -0.25) is 0 Å². The van der Waals surface area contributed by atoms with E-state index < -0.39 is 0 Å². The van der Waals surface area contributed by atoms with Crippen LogP contribution in [0.4, 0.5) is 0 Å². The van der Waals surface area contributed by atoms with Crippen LogP contribution >= 0.6 is 0 Å². The summed E-state index contributed by atoms with van der Waals surface area (Å²) >= 11 is 0.316. The zero-order chi connectivity index (χ0) is 13.8. The van der Waals surface area contributed by atoms with E-state index in [1.165, 1.54) is 38.5 Å². The third-order valence-electron chi connectivity index (χ3n) is 4.08. The van der Waals surface area contributed by atoms with Crippen LogP contribution in [0.5, 0.6) is 0 Å². The Morgan fingerprint density at radius 3 is 1.47 bits per heavy atom. The maximum atomic E-state index is 2.49. The first-order valence-electron chi connectivity index (χ1n) is 7.67. The monoisotopic (exact) mass is 344 g/mol. The van der Waals surface area contributed by atoms with Crippen molar-refractivity contribution in [2.24, 2.45) is 0 Å². The van der Waals surface area contributed by atoms with Gasteiger partial charge in [0.25, 0.3) is 0 Å². The molecule has 0 aromatic heterocycles. The molecule has 0 atom stereocenters. The number of allylic oxidation sites excluding steroid dienone is 8. The number of rotatable bonds is 6. The fraction of sp³-hybridized carbons (Fsp3) is 0.556. The summed E-state index contributed by atoms with van der Waals surface area (Å²) in [6, 6.07) is 0. The van der Waals surface area contributed by atoms with Gasteiger partial charge in [-0.05, 0) is 0 Å². The van der Waals surface area contributed by atoms with E-state index in [9.17, 15) is 0 Å². The molecule has 2 aliphatic carbocycles. The summed E-state index contributed by atoms with van der Waals surface area (Å²) in [5, 5.41) is 0. The molecule has 0 N–H and O–H groups in total. The zero-order valence-electron chi connectivity index (χ0n) is 12.8. The average molecular weight is 343 g/mol. The Bertz CT molecular complexity index is 428. The molecule has 0 spiro atoms. The molecule has 1 heteroatoms. The molecule has 0 heterocycles. The molecule has 0 fully saturated rings. The van der Waals surface area contributed by atoms with Gasteiger partial charge >= 0.3 is 126 Å². The van der Waals surface area contributed by atoms with Crippen LogP contribution in [0.15, 0.2) is 42.8 Å². The number of hydrogen-bond acceptors (Lipinski definition) is 0. The van der Waals surface area contributed by atoms with Gasteiger partial charge in [-0.2, -0.15) is 0 Å². The van der Waals surface area contributed by atoms with Crippen LogP contribution in [0.3, 0.4) is 0 Å². The van der Waals surface area contributed by atoms with Gasteiger partial charge in [0, 0.05) is 0 Å². The Balaban J connectivity index is 2.11. The quantitative estimate of drug-likeness (QED) is 0.529. The molecule has 0 saturated carbocycles. The topological polar surface area (TPSA) is 0 Å². The van der Waals surface area contributed by atoms with Gasteiger partial charge < -0.3 is 0 Å². The second kappa shape index (κ2) is 6.84. The van der Waals surface area contributed by atoms with Crippen LogP contribution in [-0.2, 0) is 17.1 Å². The van der Waals surface area contributed by atoms with Crippen LogP contribution in [-0.4, -0.2) is 0 Å². The van der Waals surface area contributed by atoms with Gasteiger partial charge in [-0.1, -0.05) is 0 Å². The first-order valence-corrected chi connectivity index (χ1v) is 9.40. The first-order chi connectivity index (χ1) is 9.21. The standard InChI is InChI=1S/2C9H13.Ru/c2*1-3-8-5-6-9(4-2)7-8;/h2*7H,3-5H2,1-2H3;. The molecule has 0 radical (unpaired) electrons. The molecule has 19 heavy (non-hydrogen) atoms. The van der Waals surface area contributed by atoms with Gasteiger partial charge in [-0.15, -0.1) is 0 Å². The summed E-state index contributed by atoms with van der Waals surface area (Å²) < 4.78 is 3.58. The van der Waals surface area contributed by atoms with Crippen LogP contribution < -0.4 is 0 Å². The molecular weight excluding hydrogens is 317 g/mol. The second-order valence-corrected chi connectivity index (χ2v) is 7.82. The van der Waals surface area contributed by atoms with Gasteiger partial charge in [-0.25, -0.2) is 0 Å². The van der Waals surface area contributed by atoms with E-state index in [1.807, 2.05) is 0 Å². The Morgan fingerprint density at radius 2 is 1.16 bits per heavy atom. The van der Waals surface area contributed by atoms with E-state index >= 15 is 0 Å². The van der Waals surface area contributed by atoms with E-state index in [-0.39, 0.29) is 0 Å². The minimum atomic E-state index is 0.316. The van der Waals surface area contributed by atoms with Crippen molar-refractivity contribution in [3.8, 4) is 0 Å². The first kappa shape index (κ1) is 15.0. The summed E-state index contributed by atoms with van der Waals surface area (Å²) in [7, 11) is 0. The van der Waals surface area contributed by atoms with Crippen molar-refractivity contribution in [2.45, 2.75) is 66.2 Å². The Kier molecular flexibility index (Phi) is 5.40. The van der Waals surface area contributed by atoms with Crippen LogP contribution in [0, 0.1) is 0 Å². The molecule has 0 bridgehead atoms. The minimum absolute atomic E-state index is 0.316. The second-order valence-electron chi connectivity index (χ2n) is 5.29. The van der Waals surface area contributed by atoms with Crippen molar-refractivity contribution >= 4 is 0 Å². The van der Waals surface area contributed by atoms with Crippen LogP contribution in [0.2, 0.25) is 0 Å². The number of hydrogen-bond donors (Lipinski definition) is 0. The Morgan fingerprint density at radius 1 is 0.737 bits per heavy atom. The molecule has 0 saturated heterocycles. The molecule has 0 aromatic carbocycles. The van der Waals surface area contributed by atoms with Gasteiger partial charge in [0.15, 0.2) is 0 Å². The van der Waals surface area contributed by atoms with Crippen molar-refractivity contribution in [3.05, 3.63) is 42.8 Å². The Hall–Kier alpha value is -0.417. The van der Waals surface area contributed by atoms with Crippen molar-refractivity contribution in [1.82, 2.24) is 0 Å². The summed E-state index contributed by atoms with van der Waals surface area (Å²) in [6.45, 7) is 9.21. The molecule has 106 valence electrons. The van der Waals surface area contributed by atoms with Gasteiger partial charge in [0.05, 0.1) is 0 Å². The Labute approximate surface area is 126 Å². The fourth-order valence-corrected chi connectivity index (χ4v) is 5.85.